The van der Waals surface area contributed by atoms with Crippen LogP contribution >= 0.6 is 0 Å². The van der Waals surface area contributed by atoms with Crippen LogP contribution in [0.1, 0.15) is 11.1 Å². The van der Waals surface area contributed by atoms with Crippen LogP contribution < -0.4 is 5.46 Å². The molecule has 1 aromatic heterocycles. The maximum absolute atomic E-state index is 12.3. The first-order valence-corrected chi connectivity index (χ1v) is 3.54. The summed E-state index contributed by atoms with van der Waals surface area (Å²) in [6, 6.07) is 0. The molecule has 0 aliphatic carbocycles. The molecule has 0 unspecified atom stereocenters. The Hall–Kier alpha value is -0.995. The van der Waals surface area contributed by atoms with Crippen molar-refractivity contribution in [3.63, 3.8) is 0 Å². The Labute approximate surface area is 68.7 Å². The lowest BCUT2D eigenvalue weighted by molar-refractivity contribution is 0.500. The fourth-order valence-corrected chi connectivity index (χ4v) is 0.981. The third-order valence-corrected chi connectivity index (χ3v) is 1.86. The Kier molecular flexibility index (Phi) is 2.13. The maximum Gasteiger partial charge on any atom is 0.511 e. The van der Waals surface area contributed by atoms with Crippen LogP contribution in [0.15, 0.2) is 12.4 Å². The zero-order valence-electron chi connectivity index (χ0n) is 6.81. The van der Waals surface area contributed by atoms with Gasteiger partial charge in [0.15, 0.2) is 0 Å². The van der Waals surface area contributed by atoms with Crippen LogP contribution in [0.3, 0.4) is 0 Å². The molecule has 0 spiro atoms. The molecule has 0 fully saturated rings. The first-order chi connectivity index (χ1) is 5.43. The van der Waals surface area contributed by atoms with E-state index in [1.807, 2.05) is 0 Å². The molecule has 0 saturated carbocycles. The second-order valence-electron chi connectivity index (χ2n) is 2.75. The minimum absolute atomic E-state index is 0.275. The van der Waals surface area contributed by atoms with Crippen molar-refractivity contribution < 1.29 is 12.9 Å². The lowest BCUT2D eigenvalue weighted by Gasteiger charge is -2.17. The standard InChI is InChI=1S/C7H8BF3N/c1-5-3-12-4-7(6(5)2)8(9,10)11/h3-4H,1-2H3/q-1. The van der Waals surface area contributed by atoms with Gasteiger partial charge in [-0.3, -0.25) is 4.98 Å². The molecule has 0 aliphatic rings. The molecule has 1 aromatic rings. The highest BCUT2D eigenvalue weighted by Crippen LogP contribution is 2.12. The maximum atomic E-state index is 12.3. The van der Waals surface area contributed by atoms with Crippen LogP contribution in [0, 0.1) is 13.8 Å². The van der Waals surface area contributed by atoms with Gasteiger partial charge in [0.1, 0.15) is 0 Å². The number of pyridine rings is 1. The average molecular weight is 174 g/mol. The summed E-state index contributed by atoms with van der Waals surface area (Å²) in [6.07, 6.45) is 2.31. The van der Waals surface area contributed by atoms with Crippen LogP contribution in [0.5, 0.6) is 0 Å². The van der Waals surface area contributed by atoms with Crippen molar-refractivity contribution in [1.29, 1.82) is 0 Å². The van der Waals surface area contributed by atoms with E-state index in [1.54, 1.807) is 6.92 Å². The van der Waals surface area contributed by atoms with Crippen molar-refractivity contribution >= 4 is 12.4 Å². The Morgan fingerprint density at radius 3 is 2.17 bits per heavy atom. The number of aromatic nitrogens is 1. The molecule has 0 N–H and O–H groups in total. The highest BCUT2D eigenvalue weighted by Gasteiger charge is 2.27. The Morgan fingerprint density at radius 2 is 1.75 bits per heavy atom. The van der Waals surface area contributed by atoms with Crippen molar-refractivity contribution in [1.82, 2.24) is 4.98 Å². The molecular weight excluding hydrogens is 166 g/mol. The van der Waals surface area contributed by atoms with Crippen molar-refractivity contribution in [2.75, 3.05) is 0 Å². The van der Waals surface area contributed by atoms with E-state index in [-0.39, 0.29) is 5.56 Å². The summed E-state index contributed by atoms with van der Waals surface area (Å²) >= 11 is 0. The van der Waals surface area contributed by atoms with Gasteiger partial charge in [-0.15, -0.1) is 0 Å². The number of nitrogens with zero attached hydrogens (tertiary/aromatic N) is 1. The minimum atomic E-state index is -4.91. The van der Waals surface area contributed by atoms with Gasteiger partial charge >= 0.3 is 6.98 Å². The molecule has 0 atom stereocenters. The quantitative estimate of drug-likeness (QED) is 0.591. The number of hydrogen-bond donors (Lipinski definition) is 0. The lowest BCUT2D eigenvalue weighted by Crippen LogP contribution is -2.36. The number of aryl methyl sites for hydroxylation is 1. The molecule has 5 heteroatoms. The SMILES string of the molecule is Cc1cncc([B-](F)(F)F)c1C. The molecule has 0 saturated heterocycles. The second kappa shape index (κ2) is 2.81. The highest BCUT2D eigenvalue weighted by atomic mass is 19.4. The van der Waals surface area contributed by atoms with Crippen molar-refractivity contribution in [2.24, 2.45) is 0 Å². The molecule has 12 heavy (non-hydrogen) atoms. The van der Waals surface area contributed by atoms with Crippen LogP contribution in [0.25, 0.3) is 0 Å². The van der Waals surface area contributed by atoms with E-state index < -0.39 is 12.4 Å². The van der Waals surface area contributed by atoms with Gasteiger partial charge in [0, 0.05) is 12.4 Å². The summed E-state index contributed by atoms with van der Waals surface area (Å²) in [5.41, 5.74) is 0.263. The Bertz CT molecular complexity index is 295. The molecule has 0 aromatic carbocycles. The second-order valence-corrected chi connectivity index (χ2v) is 2.75. The number of halogens is 3. The summed E-state index contributed by atoms with van der Waals surface area (Å²) in [5.74, 6) is 0. The fraction of sp³-hybridized carbons (Fsp3) is 0.286. The summed E-state index contributed by atoms with van der Waals surface area (Å²) < 4.78 is 36.8. The van der Waals surface area contributed by atoms with Gasteiger partial charge in [-0.25, -0.2) is 0 Å². The molecule has 1 nitrogen and oxygen atoms in total. The van der Waals surface area contributed by atoms with Crippen LogP contribution in [0.2, 0.25) is 0 Å². The smallest absolute Gasteiger partial charge is 0.445 e. The van der Waals surface area contributed by atoms with Gasteiger partial charge in [0.05, 0.1) is 0 Å². The highest BCUT2D eigenvalue weighted by molar-refractivity contribution is 6.73. The molecule has 66 valence electrons. The summed E-state index contributed by atoms with van der Waals surface area (Å²) in [6.45, 7) is -1.83. The van der Waals surface area contributed by atoms with Crippen LogP contribution in [-0.2, 0) is 0 Å². The average Bonchev–Trinajstić information content (AvgIpc) is 1.92. The molecule has 0 radical (unpaired) electrons. The Morgan fingerprint density at radius 1 is 1.17 bits per heavy atom. The first kappa shape index (κ1) is 9.10. The zero-order chi connectivity index (χ0) is 9.35. The van der Waals surface area contributed by atoms with Gasteiger partial charge in [-0.1, -0.05) is 11.0 Å². The molecule has 0 aliphatic heterocycles. The van der Waals surface area contributed by atoms with E-state index in [0.29, 0.717) is 5.56 Å². The molecule has 0 bridgehead atoms. The van der Waals surface area contributed by atoms with Crippen LogP contribution in [-0.4, -0.2) is 12.0 Å². The van der Waals surface area contributed by atoms with Crippen LogP contribution in [0.4, 0.5) is 12.9 Å². The predicted octanol–water partition coefficient (Wildman–Crippen LogP) is 1.75. The molecule has 0 amide bonds. The zero-order valence-corrected chi connectivity index (χ0v) is 6.81. The minimum Gasteiger partial charge on any atom is -0.445 e. The first-order valence-electron chi connectivity index (χ1n) is 3.54. The third kappa shape index (κ3) is 1.60. The van der Waals surface area contributed by atoms with E-state index in [0.717, 1.165) is 6.20 Å². The normalized spacial score (nSPS) is 11.8. The van der Waals surface area contributed by atoms with E-state index in [1.165, 1.54) is 13.1 Å². The largest absolute Gasteiger partial charge is 0.511 e. The van der Waals surface area contributed by atoms with E-state index in [9.17, 15) is 12.9 Å². The van der Waals surface area contributed by atoms with Crippen molar-refractivity contribution in [2.45, 2.75) is 13.8 Å². The third-order valence-electron chi connectivity index (χ3n) is 1.86. The van der Waals surface area contributed by atoms with Gasteiger partial charge in [0.2, 0.25) is 0 Å². The van der Waals surface area contributed by atoms with E-state index in [2.05, 4.69) is 4.98 Å². The number of rotatable bonds is 1. The van der Waals surface area contributed by atoms with E-state index >= 15 is 0 Å². The predicted molar refractivity (Wildman–Crippen MR) is 42.4 cm³/mol. The summed E-state index contributed by atoms with van der Waals surface area (Å²) in [5, 5.41) is 0. The fourth-order valence-electron chi connectivity index (χ4n) is 0.981. The summed E-state index contributed by atoms with van der Waals surface area (Å²) in [7, 11) is 0. The van der Waals surface area contributed by atoms with Gasteiger partial charge in [0.25, 0.3) is 0 Å². The van der Waals surface area contributed by atoms with Gasteiger partial charge < -0.3 is 12.9 Å². The van der Waals surface area contributed by atoms with Gasteiger partial charge in [-0.2, -0.15) is 0 Å². The van der Waals surface area contributed by atoms with Crippen molar-refractivity contribution in [3.05, 3.63) is 23.5 Å². The van der Waals surface area contributed by atoms with E-state index in [4.69, 9.17) is 0 Å². The van der Waals surface area contributed by atoms with Crippen molar-refractivity contribution in [3.8, 4) is 0 Å². The molecule has 1 heterocycles. The topological polar surface area (TPSA) is 12.9 Å². The Balaban J connectivity index is 3.26. The lowest BCUT2D eigenvalue weighted by atomic mass is 9.77. The monoisotopic (exact) mass is 174 g/mol. The van der Waals surface area contributed by atoms with Gasteiger partial charge in [-0.05, 0) is 19.4 Å². The number of hydrogen-bond acceptors (Lipinski definition) is 1. The molecular formula is C7H8BF3N-. The molecule has 1 rings (SSSR count). The summed E-state index contributed by atoms with van der Waals surface area (Å²) in [4.78, 5) is 3.51.